The van der Waals surface area contributed by atoms with Crippen molar-refractivity contribution in [1.29, 1.82) is 0 Å². The smallest absolute Gasteiger partial charge is 0.325 e. The van der Waals surface area contributed by atoms with Gasteiger partial charge < -0.3 is 10.1 Å². The Morgan fingerprint density at radius 1 is 1.14 bits per heavy atom. The molecule has 4 nitrogen and oxygen atoms in total. The zero-order valence-electron chi connectivity index (χ0n) is 12.4. The molecule has 0 aliphatic carbocycles. The quantitative estimate of drug-likeness (QED) is 0.562. The fraction of sp³-hybridized carbons (Fsp3) is 0.500. The first-order valence-corrected chi connectivity index (χ1v) is 7.33. The van der Waals surface area contributed by atoms with Gasteiger partial charge in [-0.2, -0.15) is 0 Å². The Labute approximate surface area is 124 Å². The van der Waals surface area contributed by atoms with E-state index in [0.717, 1.165) is 19.3 Å². The predicted molar refractivity (Wildman–Crippen MR) is 78.5 cm³/mol. The average Bonchev–Trinajstić information content (AvgIpc) is 2.49. The maximum atomic E-state index is 13.3. The molecule has 5 heteroatoms. The van der Waals surface area contributed by atoms with Crippen LogP contribution in [0.5, 0.6) is 0 Å². The van der Waals surface area contributed by atoms with Crippen molar-refractivity contribution >= 4 is 11.9 Å². The van der Waals surface area contributed by atoms with E-state index >= 15 is 0 Å². The van der Waals surface area contributed by atoms with E-state index in [2.05, 4.69) is 12.2 Å². The standard InChI is InChI=1S/C16H22FNO3/c1-2-3-4-5-8-11-21-15(19)12-18-16(20)13-9-6-7-10-14(13)17/h6-7,9-10H,2-5,8,11-12H2,1H3,(H,18,20). The molecule has 0 unspecified atom stereocenters. The molecule has 1 aromatic carbocycles. The Morgan fingerprint density at radius 2 is 1.86 bits per heavy atom. The summed E-state index contributed by atoms with van der Waals surface area (Å²) in [7, 11) is 0. The molecule has 0 saturated heterocycles. The van der Waals surface area contributed by atoms with Gasteiger partial charge in [-0.15, -0.1) is 0 Å². The number of ether oxygens (including phenoxy) is 1. The lowest BCUT2D eigenvalue weighted by Gasteiger charge is -2.07. The molecule has 21 heavy (non-hydrogen) atoms. The number of carbonyl (C=O) groups is 2. The number of unbranched alkanes of at least 4 members (excludes halogenated alkanes) is 4. The first-order chi connectivity index (χ1) is 10.1. The number of amides is 1. The summed E-state index contributed by atoms with van der Waals surface area (Å²) in [6.07, 6.45) is 5.35. The molecule has 0 saturated carbocycles. The number of esters is 1. The summed E-state index contributed by atoms with van der Waals surface area (Å²) in [5.74, 6) is -1.73. The molecule has 0 radical (unpaired) electrons. The molecule has 116 valence electrons. The van der Waals surface area contributed by atoms with Crippen LogP contribution in [-0.4, -0.2) is 25.0 Å². The summed E-state index contributed by atoms with van der Waals surface area (Å²) >= 11 is 0. The van der Waals surface area contributed by atoms with Crippen molar-refractivity contribution in [2.45, 2.75) is 39.0 Å². The highest BCUT2D eigenvalue weighted by Gasteiger charge is 2.12. The number of hydrogen-bond donors (Lipinski definition) is 1. The van der Waals surface area contributed by atoms with Gasteiger partial charge in [0, 0.05) is 0 Å². The van der Waals surface area contributed by atoms with Crippen LogP contribution in [0.25, 0.3) is 0 Å². The van der Waals surface area contributed by atoms with Crippen molar-refractivity contribution in [3.63, 3.8) is 0 Å². The fourth-order valence-electron chi connectivity index (χ4n) is 1.84. The van der Waals surface area contributed by atoms with E-state index in [-0.39, 0.29) is 12.1 Å². The van der Waals surface area contributed by atoms with Gasteiger partial charge in [-0.1, -0.05) is 44.7 Å². The number of hydrogen-bond acceptors (Lipinski definition) is 3. The van der Waals surface area contributed by atoms with E-state index in [4.69, 9.17) is 4.74 Å². The third-order valence-corrected chi connectivity index (χ3v) is 3.02. The van der Waals surface area contributed by atoms with Crippen LogP contribution in [0, 0.1) is 5.82 Å². The van der Waals surface area contributed by atoms with Crippen LogP contribution in [0.1, 0.15) is 49.4 Å². The fourth-order valence-corrected chi connectivity index (χ4v) is 1.84. The predicted octanol–water partition coefficient (Wildman–Crippen LogP) is 3.07. The van der Waals surface area contributed by atoms with Crippen LogP contribution < -0.4 is 5.32 Å². The lowest BCUT2D eigenvalue weighted by atomic mass is 10.2. The number of nitrogens with one attached hydrogen (secondary N) is 1. The maximum Gasteiger partial charge on any atom is 0.325 e. The minimum atomic E-state index is -0.618. The topological polar surface area (TPSA) is 55.4 Å². The van der Waals surface area contributed by atoms with Gasteiger partial charge in [0.25, 0.3) is 5.91 Å². The molecule has 0 spiro atoms. The van der Waals surface area contributed by atoms with Gasteiger partial charge in [-0.05, 0) is 18.6 Å². The number of benzene rings is 1. The minimum absolute atomic E-state index is 0.0788. The van der Waals surface area contributed by atoms with E-state index in [0.29, 0.717) is 6.61 Å². The summed E-state index contributed by atoms with van der Waals surface area (Å²) in [5.41, 5.74) is -0.0788. The lowest BCUT2D eigenvalue weighted by molar-refractivity contribution is -0.142. The summed E-state index contributed by atoms with van der Waals surface area (Å²) in [6.45, 7) is 2.25. The van der Waals surface area contributed by atoms with Gasteiger partial charge in [0.15, 0.2) is 0 Å². The Hall–Kier alpha value is -1.91. The zero-order chi connectivity index (χ0) is 15.5. The monoisotopic (exact) mass is 295 g/mol. The molecular formula is C16H22FNO3. The Balaban J connectivity index is 2.18. The Bertz CT molecular complexity index is 463. The molecule has 0 fully saturated rings. The molecule has 1 rings (SSSR count). The highest BCUT2D eigenvalue weighted by molar-refractivity contribution is 5.96. The van der Waals surface area contributed by atoms with Gasteiger partial charge in [0.05, 0.1) is 12.2 Å². The Morgan fingerprint density at radius 3 is 2.57 bits per heavy atom. The Kier molecular flexibility index (Phi) is 8.09. The molecule has 0 aromatic heterocycles. The summed E-state index contributed by atoms with van der Waals surface area (Å²) in [5, 5.41) is 2.35. The van der Waals surface area contributed by atoms with Crippen molar-refractivity contribution < 1.29 is 18.7 Å². The molecule has 0 bridgehead atoms. The minimum Gasteiger partial charge on any atom is -0.464 e. The molecule has 0 aliphatic heterocycles. The summed E-state index contributed by atoms with van der Waals surface area (Å²) in [6, 6.07) is 5.62. The van der Waals surface area contributed by atoms with E-state index in [1.54, 1.807) is 6.07 Å². The maximum absolute atomic E-state index is 13.3. The molecule has 0 aliphatic rings. The molecular weight excluding hydrogens is 273 g/mol. The first kappa shape index (κ1) is 17.1. The van der Waals surface area contributed by atoms with Crippen molar-refractivity contribution in [3.8, 4) is 0 Å². The average molecular weight is 295 g/mol. The lowest BCUT2D eigenvalue weighted by Crippen LogP contribution is -2.31. The number of halogens is 1. The van der Waals surface area contributed by atoms with Crippen LogP contribution in [0.15, 0.2) is 24.3 Å². The third kappa shape index (κ3) is 6.88. The largest absolute Gasteiger partial charge is 0.464 e. The second-order valence-corrected chi connectivity index (χ2v) is 4.80. The van der Waals surface area contributed by atoms with Crippen molar-refractivity contribution in [1.82, 2.24) is 5.32 Å². The van der Waals surface area contributed by atoms with Crippen LogP contribution in [0.2, 0.25) is 0 Å². The number of rotatable bonds is 9. The van der Waals surface area contributed by atoms with Gasteiger partial charge in [-0.25, -0.2) is 4.39 Å². The SMILES string of the molecule is CCCCCCCOC(=O)CNC(=O)c1ccccc1F. The van der Waals surface area contributed by atoms with Gasteiger partial charge in [0.2, 0.25) is 0 Å². The molecule has 1 aromatic rings. The number of carbonyl (C=O) groups excluding carboxylic acids is 2. The first-order valence-electron chi connectivity index (χ1n) is 7.33. The molecule has 1 amide bonds. The van der Waals surface area contributed by atoms with Gasteiger partial charge in [-0.3, -0.25) is 9.59 Å². The van der Waals surface area contributed by atoms with Crippen molar-refractivity contribution in [3.05, 3.63) is 35.6 Å². The van der Waals surface area contributed by atoms with Crippen molar-refractivity contribution in [2.75, 3.05) is 13.2 Å². The summed E-state index contributed by atoms with van der Waals surface area (Å²) in [4.78, 5) is 23.1. The highest BCUT2D eigenvalue weighted by Crippen LogP contribution is 2.05. The van der Waals surface area contributed by atoms with E-state index < -0.39 is 17.7 Å². The zero-order valence-corrected chi connectivity index (χ0v) is 12.4. The van der Waals surface area contributed by atoms with E-state index in [9.17, 15) is 14.0 Å². The molecule has 0 atom stereocenters. The van der Waals surface area contributed by atoms with E-state index in [1.165, 1.54) is 31.0 Å². The van der Waals surface area contributed by atoms with Crippen LogP contribution in [0.4, 0.5) is 4.39 Å². The van der Waals surface area contributed by atoms with Crippen LogP contribution in [-0.2, 0) is 9.53 Å². The molecule has 1 N–H and O–H groups in total. The van der Waals surface area contributed by atoms with Gasteiger partial charge >= 0.3 is 5.97 Å². The normalized spacial score (nSPS) is 10.2. The summed E-state index contributed by atoms with van der Waals surface area (Å²) < 4.78 is 18.3. The van der Waals surface area contributed by atoms with Crippen LogP contribution >= 0.6 is 0 Å². The second-order valence-electron chi connectivity index (χ2n) is 4.80. The third-order valence-electron chi connectivity index (χ3n) is 3.02. The van der Waals surface area contributed by atoms with E-state index in [1.807, 2.05) is 0 Å². The van der Waals surface area contributed by atoms with Crippen molar-refractivity contribution in [2.24, 2.45) is 0 Å². The second kappa shape index (κ2) is 9.91. The van der Waals surface area contributed by atoms with Crippen LogP contribution in [0.3, 0.4) is 0 Å². The van der Waals surface area contributed by atoms with Gasteiger partial charge in [0.1, 0.15) is 12.4 Å². The molecule has 0 heterocycles. The highest BCUT2D eigenvalue weighted by atomic mass is 19.1.